The fraction of sp³-hybridized carbons (Fsp3) is 0.462. The quantitative estimate of drug-likeness (QED) is 0.703. The van der Waals surface area contributed by atoms with Gasteiger partial charge in [-0.3, -0.25) is 4.79 Å². The summed E-state index contributed by atoms with van der Waals surface area (Å²) in [5.74, 6) is -0.490. The number of hydrogen-bond donors (Lipinski definition) is 3. The van der Waals surface area contributed by atoms with E-state index >= 15 is 0 Å². The maximum atomic E-state index is 12.1. The van der Waals surface area contributed by atoms with Gasteiger partial charge in [-0.1, -0.05) is 19.9 Å². The number of rotatable bonds is 6. The zero-order valence-electron chi connectivity index (χ0n) is 11.9. The summed E-state index contributed by atoms with van der Waals surface area (Å²) in [7, 11) is -3.70. The molecule has 0 aliphatic heterocycles. The van der Waals surface area contributed by atoms with E-state index in [-0.39, 0.29) is 29.0 Å². The van der Waals surface area contributed by atoms with Gasteiger partial charge in [0.05, 0.1) is 4.90 Å². The molecule has 0 spiro atoms. The molecule has 6 nitrogen and oxygen atoms in total. The molecule has 0 heterocycles. The van der Waals surface area contributed by atoms with E-state index in [0.29, 0.717) is 5.56 Å². The van der Waals surface area contributed by atoms with Crippen LogP contribution in [0.1, 0.15) is 29.8 Å². The minimum Gasteiger partial charge on any atom is -0.366 e. The van der Waals surface area contributed by atoms with Crippen molar-refractivity contribution >= 4 is 15.9 Å². The van der Waals surface area contributed by atoms with Gasteiger partial charge in [0.25, 0.3) is 0 Å². The Labute approximate surface area is 119 Å². The van der Waals surface area contributed by atoms with Crippen molar-refractivity contribution < 1.29 is 13.2 Å². The van der Waals surface area contributed by atoms with Crippen LogP contribution in [-0.4, -0.2) is 26.9 Å². The highest BCUT2D eigenvalue weighted by atomic mass is 32.2. The molecule has 0 aromatic heterocycles. The number of primary amides is 1. The highest BCUT2D eigenvalue weighted by molar-refractivity contribution is 7.89. The smallest absolute Gasteiger partial charge is 0.249 e. The van der Waals surface area contributed by atoms with E-state index in [4.69, 9.17) is 11.5 Å². The maximum Gasteiger partial charge on any atom is 0.249 e. The standard InChI is InChI=1S/C13H21N3O3S/c1-8(2)12(14)7-16-20(18,19)10-5-4-9(3)11(6-10)13(15)17/h4-6,8,12,16H,7,14H2,1-3H3,(H2,15,17). The van der Waals surface area contributed by atoms with E-state index in [1.807, 2.05) is 13.8 Å². The van der Waals surface area contributed by atoms with Crippen molar-refractivity contribution in [2.75, 3.05) is 6.54 Å². The second-order valence-corrected chi connectivity index (χ2v) is 6.87. The maximum absolute atomic E-state index is 12.1. The SMILES string of the molecule is Cc1ccc(S(=O)(=O)NCC(N)C(C)C)cc1C(N)=O. The molecule has 20 heavy (non-hydrogen) atoms. The third-order valence-electron chi connectivity index (χ3n) is 3.15. The van der Waals surface area contributed by atoms with Crippen molar-refractivity contribution in [1.82, 2.24) is 4.72 Å². The molecule has 5 N–H and O–H groups in total. The Hall–Kier alpha value is -1.44. The molecule has 1 aromatic carbocycles. The lowest BCUT2D eigenvalue weighted by Crippen LogP contribution is -2.40. The van der Waals surface area contributed by atoms with Crippen LogP contribution in [-0.2, 0) is 10.0 Å². The third-order valence-corrected chi connectivity index (χ3v) is 4.57. The monoisotopic (exact) mass is 299 g/mol. The lowest BCUT2D eigenvalue weighted by Gasteiger charge is -2.16. The molecule has 1 unspecified atom stereocenters. The molecule has 7 heteroatoms. The fourth-order valence-corrected chi connectivity index (χ4v) is 2.66. The number of benzene rings is 1. The Morgan fingerprint density at radius 3 is 2.45 bits per heavy atom. The summed E-state index contributed by atoms with van der Waals surface area (Å²) in [6.45, 7) is 5.66. The molecule has 0 radical (unpaired) electrons. The van der Waals surface area contributed by atoms with Crippen LogP contribution in [0.3, 0.4) is 0 Å². The molecule has 0 fully saturated rings. The number of nitrogens with one attached hydrogen (secondary N) is 1. The molecule has 1 amide bonds. The number of sulfonamides is 1. The van der Waals surface area contributed by atoms with Crippen LogP contribution >= 0.6 is 0 Å². The van der Waals surface area contributed by atoms with Crippen LogP contribution in [0.25, 0.3) is 0 Å². The molecule has 1 atom stereocenters. The van der Waals surface area contributed by atoms with Crippen LogP contribution in [0.4, 0.5) is 0 Å². The van der Waals surface area contributed by atoms with Gasteiger partial charge in [0.2, 0.25) is 15.9 Å². The van der Waals surface area contributed by atoms with Crippen molar-refractivity contribution in [1.29, 1.82) is 0 Å². The predicted molar refractivity (Wildman–Crippen MR) is 77.7 cm³/mol. The Morgan fingerprint density at radius 1 is 1.35 bits per heavy atom. The molecule has 0 aliphatic rings. The first-order valence-corrected chi connectivity index (χ1v) is 7.79. The highest BCUT2D eigenvalue weighted by Gasteiger charge is 2.18. The average molecular weight is 299 g/mol. The summed E-state index contributed by atoms with van der Waals surface area (Å²) in [5.41, 5.74) is 11.8. The average Bonchev–Trinajstić information content (AvgIpc) is 2.35. The van der Waals surface area contributed by atoms with Crippen molar-refractivity contribution in [3.63, 3.8) is 0 Å². The zero-order chi connectivity index (χ0) is 15.5. The summed E-state index contributed by atoms with van der Waals surface area (Å²) >= 11 is 0. The topological polar surface area (TPSA) is 115 Å². The van der Waals surface area contributed by atoms with Crippen LogP contribution in [0.2, 0.25) is 0 Å². The molecule has 0 saturated carbocycles. The summed E-state index contributed by atoms with van der Waals surface area (Å²) in [5, 5.41) is 0. The molecular formula is C13H21N3O3S. The molecular weight excluding hydrogens is 278 g/mol. The van der Waals surface area contributed by atoms with Crippen molar-refractivity contribution in [2.45, 2.75) is 31.7 Å². The van der Waals surface area contributed by atoms with E-state index in [0.717, 1.165) is 0 Å². The predicted octanol–water partition coefficient (Wildman–Crippen LogP) is 0.356. The number of carbonyl (C=O) groups is 1. The van der Waals surface area contributed by atoms with E-state index in [1.165, 1.54) is 12.1 Å². The van der Waals surface area contributed by atoms with E-state index in [1.54, 1.807) is 13.0 Å². The lowest BCUT2D eigenvalue weighted by molar-refractivity contribution is 0.0999. The first-order chi connectivity index (χ1) is 9.15. The molecule has 1 aromatic rings. The Bertz CT molecular complexity index is 597. The summed E-state index contributed by atoms with van der Waals surface area (Å²) in [4.78, 5) is 11.3. The Balaban J connectivity index is 2.99. The minimum absolute atomic E-state index is 0.00727. The second-order valence-electron chi connectivity index (χ2n) is 5.10. The van der Waals surface area contributed by atoms with Gasteiger partial charge in [0, 0.05) is 18.2 Å². The van der Waals surface area contributed by atoms with Gasteiger partial charge < -0.3 is 11.5 Å². The van der Waals surface area contributed by atoms with E-state index < -0.39 is 15.9 Å². The minimum atomic E-state index is -3.70. The van der Waals surface area contributed by atoms with E-state index in [9.17, 15) is 13.2 Å². The van der Waals surface area contributed by atoms with Crippen LogP contribution in [0, 0.1) is 12.8 Å². The second kappa shape index (κ2) is 6.34. The fourth-order valence-electron chi connectivity index (χ4n) is 1.56. The molecule has 0 saturated heterocycles. The first kappa shape index (κ1) is 16.6. The van der Waals surface area contributed by atoms with Gasteiger partial charge in [-0.15, -0.1) is 0 Å². The van der Waals surface area contributed by atoms with Crippen LogP contribution in [0.15, 0.2) is 23.1 Å². The first-order valence-electron chi connectivity index (χ1n) is 6.31. The zero-order valence-corrected chi connectivity index (χ0v) is 12.7. The number of carbonyl (C=O) groups excluding carboxylic acids is 1. The van der Waals surface area contributed by atoms with Crippen LogP contribution in [0.5, 0.6) is 0 Å². The van der Waals surface area contributed by atoms with Gasteiger partial charge in [0.1, 0.15) is 0 Å². The number of hydrogen-bond acceptors (Lipinski definition) is 4. The molecule has 0 aliphatic carbocycles. The van der Waals surface area contributed by atoms with Crippen molar-refractivity contribution in [3.8, 4) is 0 Å². The van der Waals surface area contributed by atoms with Gasteiger partial charge in [-0.25, -0.2) is 13.1 Å². The lowest BCUT2D eigenvalue weighted by atomic mass is 10.1. The van der Waals surface area contributed by atoms with Crippen LogP contribution < -0.4 is 16.2 Å². The van der Waals surface area contributed by atoms with E-state index in [2.05, 4.69) is 4.72 Å². The normalized spacial score (nSPS) is 13.4. The summed E-state index contributed by atoms with van der Waals surface area (Å²) < 4.78 is 26.7. The van der Waals surface area contributed by atoms with Gasteiger partial charge >= 0.3 is 0 Å². The van der Waals surface area contributed by atoms with Gasteiger partial charge in [-0.05, 0) is 30.5 Å². The van der Waals surface area contributed by atoms with Crippen molar-refractivity contribution in [2.24, 2.45) is 17.4 Å². The largest absolute Gasteiger partial charge is 0.366 e. The molecule has 0 bridgehead atoms. The highest BCUT2D eigenvalue weighted by Crippen LogP contribution is 2.15. The molecule has 1 rings (SSSR count). The number of aryl methyl sites for hydroxylation is 1. The number of amides is 1. The van der Waals surface area contributed by atoms with Gasteiger partial charge in [-0.2, -0.15) is 0 Å². The summed E-state index contributed by atoms with van der Waals surface area (Å²) in [6, 6.07) is 3.99. The third kappa shape index (κ3) is 4.03. The van der Waals surface area contributed by atoms with Gasteiger partial charge in [0.15, 0.2) is 0 Å². The number of nitrogens with two attached hydrogens (primary N) is 2. The Morgan fingerprint density at radius 2 is 1.95 bits per heavy atom. The Kier molecular flexibility index (Phi) is 5.27. The summed E-state index contributed by atoms with van der Waals surface area (Å²) in [6.07, 6.45) is 0. The van der Waals surface area contributed by atoms with Crippen molar-refractivity contribution in [3.05, 3.63) is 29.3 Å². The molecule has 112 valence electrons.